The molecule has 0 fully saturated rings. The normalized spacial score (nSPS) is 14.4. The summed E-state index contributed by atoms with van der Waals surface area (Å²) in [6, 6.07) is 0. The number of hydrogen-bond acceptors (Lipinski definition) is 3. The van der Waals surface area contributed by atoms with Gasteiger partial charge >= 0.3 is 13.6 Å². The fourth-order valence-corrected chi connectivity index (χ4v) is 1.70. The van der Waals surface area contributed by atoms with E-state index >= 15 is 0 Å². The highest BCUT2D eigenvalue weighted by Gasteiger charge is 2.31. The minimum atomic E-state index is -4.31. The highest BCUT2D eigenvalue weighted by atomic mass is 31.2. The van der Waals surface area contributed by atoms with Gasteiger partial charge in [-0.3, -0.25) is 4.57 Å². The van der Waals surface area contributed by atoms with Crippen LogP contribution in [0.4, 0.5) is 0 Å². The fraction of sp³-hybridized carbons (Fsp3) is 0.900. The van der Waals surface area contributed by atoms with Gasteiger partial charge in [0.2, 0.25) is 5.85 Å². The van der Waals surface area contributed by atoms with E-state index in [0.717, 1.165) is 0 Å². The molecule has 116 valence electrons. The Morgan fingerprint density at radius 2 is 1.42 bits per heavy atom. The summed E-state index contributed by atoms with van der Waals surface area (Å²) in [4.78, 5) is 27.0. The van der Waals surface area contributed by atoms with Crippen LogP contribution in [0.1, 0.15) is 0 Å². The number of aliphatic hydroxyl groups excluding tert-OH is 1. The number of quaternary nitrogens is 2. The highest BCUT2D eigenvalue weighted by molar-refractivity contribution is 7.52. The Labute approximate surface area is 114 Å². The summed E-state index contributed by atoms with van der Waals surface area (Å²) in [6.07, 6.45) is 0. The topological polar surface area (TPSA) is 115 Å². The summed E-state index contributed by atoms with van der Waals surface area (Å²) in [5.74, 6) is -2.31. The van der Waals surface area contributed by atoms with Crippen molar-refractivity contribution in [2.24, 2.45) is 0 Å². The number of nitrogens with zero attached hydrogens (tertiary/aromatic N) is 2. The summed E-state index contributed by atoms with van der Waals surface area (Å²) >= 11 is 0. The van der Waals surface area contributed by atoms with Crippen molar-refractivity contribution < 1.29 is 38.3 Å². The van der Waals surface area contributed by atoms with Crippen LogP contribution in [0, 0.1) is 0 Å². The second-order valence-corrected chi connectivity index (χ2v) is 8.16. The Kier molecular flexibility index (Phi) is 8.03. The maximum atomic E-state index is 10.4. The van der Waals surface area contributed by atoms with Crippen LogP contribution in [0.25, 0.3) is 0 Å². The molecule has 0 aromatic carbocycles. The third-order valence-corrected chi connectivity index (χ3v) is 2.65. The summed E-state index contributed by atoms with van der Waals surface area (Å²) in [6.45, 7) is 0.226. The molecule has 4 N–H and O–H groups in total. The minimum Gasteiger partial charge on any atom is -0.477 e. The zero-order valence-electron chi connectivity index (χ0n) is 12.4. The Bertz CT molecular complexity index is 328. The van der Waals surface area contributed by atoms with Gasteiger partial charge in [-0.15, -0.1) is 0 Å². The first-order chi connectivity index (χ1) is 8.04. The van der Waals surface area contributed by atoms with Crippen LogP contribution in [-0.2, 0) is 9.36 Å². The van der Waals surface area contributed by atoms with E-state index in [1.165, 1.54) is 0 Å². The first kappa shape index (κ1) is 20.8. The number of rotatable bonds is 5. The van der Waals surface area contributed by atoms with E-state index < -0.39 is 19.4 Å². The van der Waals surface area contributed by atoms with Crippen LogP contribution in [0.3, 0.4) is 0 Å². The number of hydrogen-bond donors (Lipinski definition) is 4. The molecule has 19 heavy (non-hydrogen) atoms. The lowest BCUT2D eigenvalue weighted by Crippen LogP contribution is -2.41. The van der Waals surface area contributed by atoms with Crippen molar-refractivity contribution in [1.29, 1.82) is 0 Å². The van der Waals surface area contributed by atoms with Gasteiger partial charge in [0, 0.05) is 0 Å². The van der Waals surface area contributed by atoms with E-state index in [4.69, 9.17) is 20.0 Å². The smallest absolute Gasteiger partial charge is 0.359 e. The molecule has 0 radical (unpaired) electrons. The lowest BCUT2D eigenvalue weighted by molar-refractivity contribution is -0.872. The first-order valence-corrected chi connectivity index (χ1v) is 7.29. The molecule has 0 aliphatic rings. The van der Waals surface area contributed by atoms with Crippen LogP contribution >= 0.6 is 7.60 Å². The molecule has 0 saturated heterocycles. The second kappa shape index (κ2) is 7.33. The molecule has 9 heteroatoms. The number of carbonyl (C=O) groups is 1. The number of likely N-dealkylation sites (N-methyl/N-ethyl adjacent to an activating group) is 2. The van der Waals surface area contributed by atoms with Crippen molar-refractivity contribution in [3.05, 3.63) is 0 Å². The SMILES string of the molecule is C[N+](C)(C)CC(=O)O.C[N+](C)(C)CC(O)P(=O)(O)O. The van der Waals surface area contributed by atoms with Gasteiger partial charge in [-0.05, 0) is 0 Å². The Morgan fingerprint density at radius 3 is 1.47 bits per heavy atom. The van der Waals surface area contributed by atoms with Crippen molar-refractivity contribution in [2.45, 2.75) is 5.85 Å². The third kappa shape index (κ3) is 17.5. The molecule has 1 unspecified atom stereocenters. The Balaban J connectivity index is 0. The van der Waals surface area contributed by atoms with Crippen LogP contribution in [0.2, 0.25) is 0 Å². The predicted molar refractivity (Wildman–Crippen MR) is 71.5 cm³/mol. The summed E-state index contributed by atoms with van der Waals surface area (Å²) in [5.41, 5.74) is 0. The molecule has 0 spiro atoms. The predicted octanol–water partition coefficient (Wildman–Crippen LogP) is -1.03. The molecule has 0 aromatic heterocycles. The molecule has 0 heterocycles. The van der Waals surface area contributed by atoms with Crippen molar-refractivity contribution in [1.82, 2.24) is 0 Å². The number of aliphatic hydroxyl groups is 1. The van der Waals surface area contributed by atoms with E-state index in [0.29, 0.717) is 8.97 Å². The quantitative estimate of drug-likeness (QED) is 0.381. The largest absolute Gasteiger partial charge is 0.477 e. The number of carboxylic acids is 1. The van der Waals surface area contributed by atoms with E-state index in [1.54, 1.807) is 21.1 Å². The molecule has 0 aliphatic heterocycles. The molecule has 0 aliphatic carbocycles. The van der Waals surface area contributed by atoms with E-state index in [9.17, 15) is 9.36 Å². The summed E-state index contributed by atoms with van der Waals surface area (Å²) in [5, 5.41) is 17.2. The maximum Gasteiger partial charge on any atom is 0.359 e. The van der Waals surface area contributed by atoms with Crippen molar-refractivity contribution in [3.63, 3.8) is 0 Å². The van der Waals surface area contributed by atoms with Gasteiger partial charge in [0.05, 0.1) is 42.3 Å². The summed E-state index contributed by atoms with van der Waals surface area (Å²) < 4.78 is 11.3. The lowest BCUT2D eigenvalue weighted by Gasteiger charge is -2.26. The Hall–Kier alpha value is -0.500. The lowest BCUT2D eigenvalue weighted by atomic mass is 10.5. The Morgan fingerprint density at radius 1 is 1.05 bits per heavy atom. The van der Waals surface area contributed by atoms with Gasteiger partial charge in [0.25, 0.3) is 0 Å². The van der Waals surface area contributed by atoms with Crippen LogP contribution in [0.5, 0.6) is 0 Å². The molecule has 0 bridgehead atoms. The van der Waals surface area contributed by atoms with Gasteiger partial charge in [-0.25, -0.2) is 4.79 Å². The molecule has 1 atom stereocenters. The fourth-order valence-electron chi connectivity index (χ4n) is 1.00. The zero-order chi connectivity index (χ0) is 16.1. The van der Waals surface area contributed by atoms with Gasteiger partial charge in [-0.2, -0.15) is 0 Å². The van der Waals surface area contributed by atoms with Crippen LogP contribution in [-0.4, -0.2) is 96.2 Å². The highest BCUT2D eigenvalue weighted by Crippen LogP contribution is 2.39. The molecule has 0 saturated carbocycles. The second-order valence-electron chi connectivity index (χ2n) is 6.38. The first-order valence-electron chi connectivity index (χ1n) is 5.60. The summed E-state index contributed by atoms with van der Waals surface area (Å²) in [7, 11) is 6.46. The van der Waals surface area contributed by atoms with Gasteiger partial charge in [0.15, 0.2) is 6.54 Å². The maximum absolute atomic E-state index is 10.4. The van der Waals surface area contributed by atoms with Gasteiger partial charge in [-0.1, -0.05) is 0 Å². The average Bonchev–Trinajstić information content (AvgIpc) is 1.93. The monoisotopic (exact) mass is 302 g/mol. The standard InChI is InChI=1S/C5H14NO4P.C5H11NO2/c1-6(2,3)4-5(7)11(8,9)10;1-6(2,3)4-5(7)8/h5,7H,4H2,1-3H3,(H-,8,9,10);4H2,1-3H3/p+2. The average molecular weight is 302 g/mol. The minimum absolute atomic E-state index is 0.0459. The van der Waals surface area contributed by atoms with Crippen molar-refractivity contribution >= 4 is 13.6 Å². The van der Waals surface area contributed by atoms with E-state index in [-0.39, 0.29) is 13.1 Å². The van der Waals surface area contributed by atoms with Gasteiger partial charge < -0.3 is 29.0 Å². The molecule has 0 rings (SSSR count). The molecule has 0 amide bonds. The molecule has 0 aromatic rings. The van der Waals surface area contributed by atoms with Crippen molar-refractivity contribution in [3.8, 4) is 0 Å². The van der Waals surface area contributed by atoms with E-state index in [1.807, 2.05) is 21.1 Å². The van der Waals surface area contributed by atoms with Crippen molar-refractivity contribution in [2.75, 3.05) is 55.4 Å². The van der Waals surface area contributed by atoms with Gasteiger partial charge in [0.1, 0.15) is 6.54 Å². The number of carboxylic acid groups (broad SMARTS) is 1. The van der Waals surface area contributed by atoms with E-state index in [2.05, 4.69) is 0 Å². The zero-order valence-corrected chi connectivity index (χ0v) is 13.3. The number of aliphatic carboxylic acids is 1. The van der Waals surface area contributed by atoms with Crippen LogP contribution < -0.4 is 0 Å². The van der Waals surface area contributed by atoms with Crippen LogP contribution in [0.15, 0.2) is 0 Å². The molecular weight excluding hydrogens is 275 g/mol. The third-order valence-electron chi connectivity index (χ3n) is 1.71. The molecular formula is C10H27N2O6P+2. The molecule has 8 nitrogen and oxygen atoms in total.